The number of rotatable bonds is 9. The van der Waals surface area contributed by atoms with E-state index in [0.717, 1.165) is 35.4 Å². The summed E-state index contributed by atoms with van der Waals surface area (Å²) in [5.41, 5.74) is 16.6. The molecule has 0 unspecified atom stereocenters. The molecule has 0 bridgehead atoms. The van der Waals surface area contributed by atoms with Crippen molar-refractivity contribution in [2.45, 2.75) is 64.6 Å². The minimum Gasteiger partial charge on any atom is -0.256 e. The molecule has 5 aromatic carbocycles. The average Bonchev–Trinajstić information content (AvgIpc) is 3.23. The van der Waals surface area contributed by atoms with Gasteiger partial charge in [0.15, 0.2) is 0 Å². The van der Waals surface area contributed by atoms with Gasteiger partial charge in [0.2, 0.25) is 0 Å². The maximum atomic E-state index is 7.59. The van der Waals surface area contributed by atoms with E-state index in [0.29, 0.717) is 5.92 Å². The molecule has 1 aliphatic rings. The standard InChI is InChI=1S/C50H46N2/c1-35-12-27-49(52-34-35)43-17-15-37(16-18-43)13-14-38-30-36(2)31-46(32-38)48-11-7-6-10-47(48)42-23-25-44(26-24-42)50-33-45(28-29-51-50)41-21-19-40(20-22-41)39-8-4-3-5-9-39/h6-7,10-12,15-34,39H,3-5,8-9,13-14H2,1-2H3/i1D3. The van der Waals surface area contributed by atoms with E-state index in [1.807, 2.05) is 6.20 Å². The molecule has 0 radical (unpaired) electrons. The largest absolute Gasteiger partial charge is 0.256 e. The lowest BCUT2D eigenvalue weighted by Gasteiger charge is -2.22. The third kappa shape index (κ3) is 7.67. The average molecular weight is 678 g/mol. The molecule has 0 amide bonds. The molecule has 0 atom stereocenters. The predicted molar refractivity (Wildman–Crippen MR) is 218 cm³/mol. The van der Waals surface area contributed by atoms with Crippen LogP contribution < -0.4 is 0 Å². The monoisotopic (exact) mass is 677 g/mol. The Morgan fingerprint density at radius 1 is 0.519 bits per heavy atom. The fraction of sp³-hybridized carbons (Fsp3) is 0.200. The molecule has 0 saturated heterocycles. The maximum absolute atomic E-state index is 7.59. The van der Waals surface area contributed by atoms with Crippen LogP contribution >= 0.6 is 0 Å². The summed E-state index contributed by atoms with van der Waals surface area (Å²) in [5, 5.41) is 0. The second-order valence-corrected chi connectivity index (χ2v) is 14.3. The first-order valence-electron chi connectivity index (χ1n) is 20.2. The first-order chi connectivity index (χ1) is 26.8. The number of aromatic nitrogens is 2. The molecule has 1 fully saturated rings. The lowest BCUT2D eigenvalue weighted by Crippen LogP contribution is -2.04. The Morgan fingerprint density at radius 3 is 1.92 bits per heavy atom. The zero-order valence-electron chi connectivity index (χ0n) is 32.9. The molecule has 256 valence electrons. The Hall–Kier alpha value is -5.60. The summed E-state index contributed by atoms with van der Waals surface area (Å²) in [6.45, 7) is 0.0300. The summed E-state index contributed by atoms with van der Waals surface area (Å²) in [4.78, 5) is 9.16. The van der Waals surface area contributed by atoms with Gasteiger partial charge in [-0.25, -0.2) is 0 Å². The van der Waals surface area contributed by atoms with Crippen molar-refractivity contribution in [2.24, 2.45) is 0 Å². The van der Waals surface area contributed by atoms with Crippen LogP contribution in [0, 0.1) is 13.8 Å². The summed E-state index contributed by atoms with van der Waals surface area (Å²) >= 11 is 0. The molecule has 2 heterocycles. The second-order valence-electron chi connectivity index (χ2n) is 14.3. The Labute approximate surface area is 313 Å². The van der Waals surface area contributed by atoms with E-state index >= 15 is 0 Å². The summed E-state index contributed by atoms with van der Waals surface area (Å²) in [6, 6.07) is 49.8. The molecule has 0 spiro atoms. The second kappa shape index (κ2) is 15.3. The van der Waals surface area contributed by atoms with Crippen LogP contribution in [-0.4, -0.2) is 9.97 Å². The third-order valence-corrected chi connectivity index (χ3v) is 10.7. The van der Waals surface area contributed by atoms with E-state index in [-0.39, 0.29) is 5.56 Å². The van der Waals surface area contributed by atoms with E-state index in [2.05, 4.69) is 139 Å². The van der Waals surface area contributed by atoms with Crippen molar-refractivity contribution < 1.29 is 4.11 Å². The summed E-state index contributed by atoms with van der Waals surface area (Å²) in [5.74, 6) is 0.714. The highest BCUT2D eigenvalue weighted by atomic mass is 14.7. The van der Waals surface area contributed by atoms with Crippen molar-refractivity contribution in [1.29, 1.82) is 0 Å². The molecule has 1 aliphatic carbocycles. The van der Waals surface area contributed by atoms with Gasteiger partial charge in [0.05, 0.1) is 11.4 Å². The van der Waals surface area contributed by atoms with E-state index in [1.165, 1.54) is 93.9 Å². The highest BCUT2D eigenvalue weighted by Crippen LogP contribution is 2.36. The van der Waals surface area contributed by atoms with Crippen LogP contribution in [-0.2, 0) is 12.8 Å². The van der Waals surface area contributed by atoms with Crippen molar-refractivity contribution >= 4 is 0 Å². The summed E-state index contributed by atoms with van der Waals surface area (Å²) in [7, 11) is 0. The number of pyridine rings is 2. The SMILES string of the molecule is [2H]C([2H])([2H])c1ccc(-c2ccc(CCc3cc(C)cc(-c4ccccc4-c4ccc(-c5cc(-c6ccc(C7CCCCC7)cc6)ccn5)cc4)c3)cc2)nc1. The van der Waals surface area contributed by atoms with Gasteiger partial charge in [-0.3, -0.25) is 9.97 Å². The van der Waals surface area contributed by atoms with Crippen molar-refractivity contribution in [1.82, 2.24) is 9.97 Å². The molecule has 2 aromatic heterocycles. The fourth-order valence-electron chi connectivity index (χ4n) is 7.82. The van der Waals surface area contributed by atoms with E-state index in [4.69, 9.17) is 9.10 Å². The van der Waals surface area contributed by atoms with Crippen molar-refractivity contribution in [3.63, 3.8) is 0 Å². The van der Waals surface area contributed by atoms with Crippen LogP contribution in [0.4, 0.5) is 0 Å². The molecule has 52 heavy (non-hydrogen) atoms. The van der Waals surface area contributed by atoms with E-state index in [9.17, 15) is 0 Å². The normalized spacial score (nSPS) is 14.4. The molecule has 8 rings (SSSR count). The van der Waals surface area contributed by atoms with Crippen LogP contribution in [0.5, 0.6) is 0 Å². The van der Waals surface area contributed by atoms with Gasteiger partial charge in [0.25, 0.3) is 0 Å². The van der Waals surface area contributed by atoms with Gasteiger partial charge in [-0.2, -0.15) is 0 Å². The highest BCUT2D eigenvalue weighted by molar-refractivity contribution is 5.85. The maximum Gasteiger partial charge on any atom is 0.0708 e. The van der Waals surface area contributed by atoms with Crippen LogP contribution in [0.15, 0.2) is 152 Å². The lowest BCUT2D eigenvalue weighted by atomic mass is 9.84. The van der Waals surface area contributed by atoms with Gasteiger partial charge >= 0.3 is 0 Å². The van der Waals surface area contributed by atoms with Crippen LogP contribution in [0.25, 0.3) is 55.9 Å². The third-order valence-electron chi connectivity index (χ3n) is 10.7. The van der Waals surface area contributed by atoms with Crippen molar-refractivity contribution in [3.05, 3.63) is 180 Å². The predicted octanol–water partition coefficient (Wildman–Crippen LogP) is 13.3. The number of hydrogen-bond acceptors (Lipinski definition) is 2. The Morgan fingerprint density at radius 2 is 1.19 bits per heavy atom. The van der Waals surface area contributed by atoms with Gasteiger partial charge in [-0.15, -0.1) is 0 Å². The fourth-order valence-corrected chi connectivity index (χ4v) is 7.82. The Kier molecular flexibility index (Phi) is 8.87. The molecule has 0 aliphatic heterocycles. The van der Waals surface area contributed by atoms with Crippen LogP contribution in [0.1, 0.15) is 70.0 Å². The quantitative estimate of drug-likeness (QED) is 0.152. The molecule has 7 aromatic rings. The van der Waals surface area contributed by atoms with Gasteiger partial charge in [0.1, 0.15) is 0 Å². The summed E-state index contributed by atoms with van der Waals surface area (Å²) < 4.78 is 22.8. The first kappa shape index (κ1) is 30.1. The zero-order valence-corrected chi connectivity index (χ0v) is 29.9. The van der Waals surface area contributed by atoms with E-state index in [1.54, 1.807) is 12.1 Å². The Bertz CT molecular complexity index is 2370. The lowest BCUT2D eigenvalue weighted by molar-refractivity contribution is 0.443. The van der Waals surface area contributed by atoms with Crippen LogP contribution in [0.2, 0.25) is 0 Å². The first-order valence-corrected chi connectivity index (χ1v) is 18.7. The molecular weight excluding hydrogens is 629 g/mol. The molecular formula is C50H46N2. The number of benzene rings is 5. The van der Waals surface area contributed by atoms with Crippen molar-refractivity contribution in [2.75, 3.05) is 0 Å². The number of nitrogens with zero attached hydrogens (tertiary/aromatic N) is 2. The van der Waals surface area contributed by atoms with Crippen molar-refractivity contribution in [3.8, 4) is 55.9 Å². The van der Waals surface area contributed by atoms with E-state index < -0.39 is 6.85 Å². The van der Waals surface area contributed by atoms with Gasteiger partial charge in [-0.1, -0.05) is 146 Å². The molecule has 1 saturated carbocycles. The topological polar surface area (TPSA) is 25.8 Å². The minimum atomic E-state index is -2.15. The number of hydrogen-bond donors (Lipinski definition) is 0. The van der Waals surface area contributed by atoms with Crippen LogP contribution in [0.3, 0.4) is 0 Å². The van der Waals surface area contributed by atoms with Gasteiger partial charge in [0, 0.05) is 27.6 Å². The summed E-state index contributed by atoms with van der Waals surface area (Å²) in [6.07, 6.45) is 11.9. The minimum absolute atomic E-state index is 0.256. The Balaban J connectivity index is 0.965. The smallest absolute Gasteiger partial charge is 0.0708 e. The van der Waals surface area contributed by atoms with Gasteiger partial charge in [-0.05, 0) is 119 Å². The molecule has 2 nitrogen and oxygen atoms in total. The highest BCUT2D eigenvalue weighted by Gasteiger charge is 2.16. The molecule has 2 heteroatoms. The zero-order chi connectivity index (χ0) is 37.8. The van der Waals surface area contributed by atoms with Gasteiger partial charge < -0.3 is 0 Å². The number of aryl methyl sites for hydroxylation is 4. The molecule has 0 N–H and O–H groups in total.